The molecular weight excluding hydrogens is 272 g/mol. The van der Waals surface area contributed by atoms with Crippen LogP contribution in [0.25, 0.3) is 0 Å². The van der Waals surface area contributed by atoms with Crippen molar-refractivity contribution in [3.05, 3.63) is 0 Å². The molecule has 20 heavy (non-hydrogen) atoms. The quantitative estimate of drug-likeness (QED) is 0.766. The molecule has 0 saturated carbocycles. The number of nitrogens with one attached hydrogen (secondary N) is 1. The molecule has 1 aliphatic rings. The molecule has 4 nitrogen and oxygen atoms in total. The highest BCUT2D eigenvalue weighted by Gasteiger charge is 2.45. The Labute approximate surface area is 127 Å². The van der Waals surface area contributed by atoms with Crippen molar-refractivity contribution in [2.24, 2.45) is 5.41 Å². The lowest BCUT2D eigenvalue weighted by molar-refractivity contribution is -0.153. The monoisotopic (exact) mass is 300 g/mol. The van der Waals surface area contributed by atoms with Gasteiger partial charge in [-0.15, -0.1) is 0 Å². The third-order valence-corrected chi connectivity index (χ3v) is 4.56. The molecule has 1 N–H and O–H groups in total. The minimum atomic E-state index is -0.357. The Hall–Kier alpha value is -0.710. The highest BCUT2D eigenvalue weighted by molar-refractivity contribution is 7.99. The zero-order valence-corrected chi connectivity index (χ0v) is 14.2. The van der Waals surface area contributed by atoms with Gasteiger partial charge in [0.1, 0.15) is 12.1 Å². The summed E-state index contributed by atoms with van der Waals surface area (Å²) in [4.78, 5) is 26.7. The van der Waals surface area contributed by atoms with Gasteiger partial charge in [0.25, 0.3) is 0 Å². The Bertz CT molecular complexity index is 352. The number of hydrogen-bond donors (Lipinski definition) is 1. The molecule has 0 aromatic carbocycles. The molecule has 2 unspecified atom stereocenters. The number of thioether (sulfide) groups is 1. The van der Waals surface area contributed by atoms with Crippen LogP contribution in [0.15, 0.2) is 0 Å². The van der Waals surface area contributed by atoms with E-state index in [1.54, 1.807) is 0 Å². The van der Waals surface area contributed by atoms with E-state index in [1.165, 1.54) is 0 Å². The van der Waals surface area contributed by atoms with Crippen molar-refractivity contribution in [2.75, 3.05) is 18.1 Å². The molecule has 0 aliphatic carbocycles. The Kier molecular flexibility index (Phi) is 6.37. The second kappa shape index (κ2) is 7.34. The van der Waals surface area contributed by atoms with E-state index in [0.717, 1.165) is 17.9 Å². The van der Waals surface area contributed by atoms with E-state index in [1.807, 2.05) is 44.4 Å². The van der Waals surface area contributed by atoms with Gasteiger partial charge < -0.3 is 10.2 Å². The predicted molar refractivity (Wildman–Crippen MR) is 84.8 cm³/mol. The summed E-state index contributed by atoms with van der Waals surface area (Å²) in [6.07, 6.45) is 1.60. The lowest BCUT2D eigenvalue weighted by Gasteiger charge is -2.44. The molecule has 1 aliphatic heterocycles. The van der Waals surface area contributed by atoms with Gasteiger partial charge in [0.05, 0.1) is 0 Å². The summed E-state index contributed by atoms with van der Waals surface area (Å²) in [7, 11) is 0. The average Bonchev–Trinajstić information content (AvgIpc) is 2.36. The second-order valence-electron chi connectivity index (χ2n) is 6.32. The molecule has 1 fully saturated rings. The summed E-state index contributed by atoms with van der Waals surface area (Å²) in [5.41, 5.74) is -0.240. The smallest absolute Gasteiger partial charge is 0.245 e. The molecule has 0 radical (unpaired) electrons. The fourth-order valence-electron chi connectivity index (χ4n) is 2.64. The van der Waals surface area contributed by atoms with Crippen molar-refractivity contribution >= 4 is 23.6 Å². The van der Waals surface area contributed by atoms with Gasteiger partial charge in [-0.25, -0.2) is 0 Å². The molecule has 1 heterocycles. The first kappa shape index (κ1) is 17.3. The number of amides is 2. The molecular formula is C15H28N2O2S. The molecule has 1 saturated heterocycles. The zero-order valence-electron chi connectivity index (χ0n) is 13.4. The van der Waals surface area contributed by atoms with Crippen LogP contribution in [0.1, 0.15) is 47.5 Å². The fourth-order valence-corrected chi connectivity index (χ4v) is 3.26. The summed E-state index contributed by atoms with van der Waals surface area (Å²) in [6, 6.07) is -0.704. The van der Waals surface area contributed by atoms with Crippen LogP contribution in [0.5, 0.6) is 0 Å². The Balaban J connectivity index is 2.83. The Morgan fingerprint density at radius 2 is 1.90 bits per heavy atom. The molecule has 0 aromatic heterocycles. The normalized spacial score (nSPS) is 23.9. The lowest BCUT2D eigenvalue weighted by Crippen LogP contribution is -2.66. The van der Waals surface area contributed by atoms with Crippen molar-refractivity contribution in [1.82, 2.24) is 10.2 Å². The second-order valence-corrected chi connectivity index (χ2v) is 7.71. The van der Waals surface area contributed by atoms with E-state index in [4.69, 9.17) is 0 Å². The number of rotatable bonds is 6. The number of nitrogens with zero attached hydrogens (tertiary/aromatic N) is 1. The van der Waals surface area contributed by atoms with E-state index in [2.05, 4.69) is 12.2 Å². The van der Waals surface area contributed by atoms with E-state index in [-0.39, 0.29) is 29.3 Å². The van der Waals surface area contributed by atoms with Crippen LogP contribution in [0.3, 0.4) is 0 Å². The number of piperazine rings is 1. The van der Waals surface area contributed by atoms with Crippen LogP contribution in [-0.4, -0.2) is 46.8 Å². The van der Waals surface area contributed by atoms with Crippen LogP contribution in [0, 0.1) is 5.41 Å². The van der Waals surface area contributed by atoms with Gasteiger partial charge in [0, 0.05) is 6.54 Å². The highest BCUT2D eigenvalue weighted by atomic mass is 32.2. The first-order valence-electron chi connectivity index (χ1n) is 7.51. The highest BCUT2D eigenvalue weighted by Crippen LogP contribution is 2.28. The van der Waals surface area contributed by atoms with Gasteiger partial charge in [-0.2, -0.15) is 11.8 Å². The van der Waals surface area contributed by atoms with Crippen LogP contribution in [0.4, 0.5) is 0 Å². The molecule has 0 spiro atoms. The number of carbonyl (C=O) groups excluding carboxylic acids is 2. The van der Waals surface area contributed by atoms with Gasteiger partial charge in [-0.3, -0.25) is 9.59 Å². The predicted octanol–water partition coefficient (Wildman–Crippen LogP) is 2.28. The van der Waals surface area contributed by atoms with Gasteiger partial charge in [-0.1, -0.05) is 34.6 Å². The van der Waals surface area contributed by atoms with E-state index >= 15 is 0 Å². The van der Waals surface area contributed by atoms with Crippen molar-refractivity contribution in [1.29, 1.82) is 0 Å². The Morgan fingerprint density at radius 3 is 2.40 bits per heavy atom. The minimum absolute atomic E-state index is 0.00732. The lowest BCUT2D eigenvalue weighted by atomic mass is 9.83. The summed E-state index contributed by atoms with van der Waals surface area (Å²) < 4.78 is 0. The molecule has 2 atom stereocenters. The standard InChI is InChI=1S/C15H28N2O2S/c1-6-11-14(19)17(9-8-10-20-7-2)12(13(18)16-11)15(3,4)5/h11-12H,6-10H2,1-5H3,(H,16,18). The third kappa shape index (κ3) is 4.14. The van der Waals surface area contributed by atoms with Gasteiger partial charge in [-0.05, 0) is 29.8 Å². The van der Waals surface area contributed by atoms with Crippen molar-refractivity contribution in [3.8, 4) is 0 Å². The van der Waals surface area contributed by atoms with E-state index < -0.39 is 0 Å². The molecule has 0 bridgehead atoms. The maximum atomic E-state index is 12.5. The average molecular weight is 300 g/mol. The SMILES string of the molecule is CCSCCCN1C(=O)C(CC)NC(=O)C1C(C)(C)C. The summed E-state index contributed by atoms with van der Waals surface area (Å²) in [5, 5.41) is 2.87. The summed E-state index contributed by atoms with van der Waals surface area (Å²) in [6.45, 7) is 10.8. The minimum Gasteiger partial charge on any atom is -0.342 e. The van der Waals surface area contributed by atoms with Crippen LogP contribution in [0.2, 0.25) is 0 Å². The number of carbonyl (C=O) groups is 2. The largest absolute Gasteiger partial charge is 0.342 e. The van der Waals surface area contributed by atoms with Crippen molar-refractivity contribution in [3.63, 3.8) is 0 Å². The van der Waals surface area contributed by atoms with E-state index in [9.17, 15) is 9.59 Å². The van der Waals surface area contributed by atoms with Gasteiger partial charge >= 0.3 is 0 Å². The third-order valence-electron chi connectivity index (χ3n) is 3.58. The summed E-state index contributed by atoms with van der Waals surface area (Å²) >= 11 is 1.88. The number of hydrogen-bond acceptors (Lipinski definition) is 3. The molecule has 2 amide bonds. The van der Waals surface area contributed by atoms with Crippen LogP contribution < -0.4 is 5.32 Å². The molecule has 1 rings (SSSR count). The van der Waals surface area contributed by atoms with Crippen LogP contribution in [-0.2, 0) is 9.59 Å². The van der Waals surface area contributed by atoms with Crippen LogP contribution >= 0.6 is 11.8 Å². The van der Waals surface area contributed by atoms with Gasteiger partial charge in [0.15, 0.2) is 0 Å². The maximum absolute atomic E-state index is 12.5. The molecule has 116 valence electrons. The maximum Gasteiger partial charge on any atom is 0.245 e. The molecule has 0 aromatic rings. The van der Waals surface area contributed by atoms with Crippen molar-refractivity contribution < 1.29 is 9.59 Å². The van der Waals surface area contributed by atoms with Crippen molar-refractivity contribution in [2.45, 2.75) is 59.5 Å². The zero-order chi connectivity index (χ0) is 15.3. The Morgan fingerprint density at radius 1 is 1.25 bits per heavy atom. The van der Waals surface area contributed by atoms with Gasteiger partial charge in [0.2, 0.25) is 11.8 Å². The molecule has 5 heteroatoms. The fraction of sp³-hybridized carbons (Fsp3) is 0.867. The first-order valence-corrected chi connectivity index (χ1v) is 8.67. The topological polar surface area (TPSA) is 49.4 Å². The first-order chi connectivity index (χ1) is 9.32. The van der Waals surface area contributed by atoms with E-state index in [0.29, 0.717) is 13.0 Å². The summed E-state index contributed by atoms with van der Waals surface area (Å²) in [5.74, 6) is 2.20.